The van der Waals surface area contributed by atoms with Gasteiger partial charge in [0.15, 0.2) is 0 Å². The van der Waals surface area contributed by atoms with Crippen LogP contribution in [0.1, 0.15) is 34.3 Å². The van der Waals surface area contributed by atoms with Gasteiger partial charge in [0.1, 0.15) is 0 Å². The van der Waals surface area contributed by atoms with Gasteiger partial charge in [0, 0.05) is 23.5 Å². The highest BCUT2D eigenvalue weighted by atomic mass is 32.2. The van der Waals surface area contributed by atoms with Crippen molar-refractivity contribution in [2.75, 3.05) is 24.2 Å². The molecule has 27 heavy (non-hydrogen) atoms. The second-order valence-corrected chi connectivity index (χ2v) is 8.05. The van der Waals surface area contributed by atoms with Crippen LogP contribution in [0.15, 0.2) is 47.4 Å². The zero-order chi connectivity index (χ0) is 18.6. The van der Waals surface area contributed by atoms with E-state index in [9.17, 15) is 9.59 Å². The van der Waals surface area contributed by atoms with Crippen molar-refractivity contribution in [3.8, 4) is 0 Å². The molecule has 5 nitrogen and oxygen atoms in total. The van der Waals surface area contributed by atoms with Crippen LogP contribution in [0.4, 0.5) is 5.69 Å². The Morgan fingerprint density at radius 1 is 1.07 bits per heavy atom. The predicted octanol–water partition coefficient (Wildman–Crippen LogP) is 3.26. The van der Waals surface area contributed by atoms with Gasteiger partial charge in [-0.3, -0.25) is 14.5 Å². The molecule has 2 aliphatic rings. The fourth-order valence-electron chi connectivity index (χ4n) is 3.47. The van der Waals surface area contributed by atoms with Crippen molar-refractivity contribution in [1.82, 2.24) is 10.2 Å². The summed E-state index contributed by atoms with van der Waals surface area (Å²) in [5, 5.41) is 5.78. The largest absolute Gasteiger partial charge is 0.348 e. The first kappa shape index (κ1) is 18.1. The molecule has 0 saturated carbocycles. The lowest BCUT2D eigenvalue weighted by atomic mass is 10.1. The van der Waals surface area contributed by atoms with Crippen molar-refractivity contribution in [1.29, 1.82) is 0 Å². The summed E-state index contributed by atoms with van der Waals surface area (Å²) < 4.78 is 0. The molecule has 0 aromatic heterocycles. The van der Waals surface area contributed by atoms with Crippen LogP contribution in [0.2, 0.25) is 0 Å². The molecular weight excluding hydrogens is 358 g/mol. The minimum absolute atomic E-state index is 0.0286. The maximum absolute atomic E-state index is 12.4. The molecule has 4 rings (SSSR count). The molecule has 140 valence electrons. The van der Waals surface area contributed by atoms with E-state index < -0.39 is 0 Å². The fraction of sp³-hybridized carbons (Fsp3) is 0.333. The van der Waals surface area contributed by atoms with Gasteiger partial charge in [-0.25, -0.2) is 0 Å². The van der Waals surface area contributed by atoms with Crippen LogP contribution in [0.3, 0.4) is 0 Å². The third-order valence-corrected chi connectivity index (χ3v) is 6.03. The van der Waals surface area contributed by atoms with Crippen LogP contribution in [-0.4, -0.2) is 35.6 Å². The molecular formula is C21H23N3O2S. The van der Waals surface area contributed by atoms with Crippen molar-refractivity contribution < 1.29 is 9.59 Å². The third kappa shape index (κ3) is 4.51. The molecule has 2 N–H and O–H groups in total. The van der Waals surface area contributed by atoms with Crippen LogP contribution in [0.5, 0.6) is 0 Å². The number of nitrogens with zero attached hydrogens (tertiary/aromatic N) is 1. The highest BCUT2D eigenvalue weighted by molar-refractivity contribution is 8.00. The van der Waals surface area contributed by atoms with Gasteiger partial charge in [0.2, 0.25) is 5.91 Å². The van der Waals surface area contributed by atoms with E-state index in [4.69, 9.17) is 0 Å². The van der Waals surface area contributed by atoms with Crippen molar-refractivity contribution in [3.05, 3.63) is 59.2 Å². The van der Waals surface area contributed by atoms with Crippen molar-refractivity contribution in [2.24, 2.45) is 0 Å². The number of benzene rings is 2. The number of nitrogens with one attached hydrogen (secondary N) is 2. The minimum Gasteiger partial charge on any atom is -0.348 e. The second-order valence-electron chi connectivity index (χ2n) is 7.03. The average Bonchev–Trinajstić information content (AvgIpc) is 3.19. The molecule has 6 heteroatoms. The summed E-state index contributed by atoms with van der Waals surface area (Å²) in [6, 6.07) is 13.9. The first-order valence-corrected chi connectivity index (χ1v) is 10.3. The zero-order valence-corrected chi connectivity index (χ0v) is 16.0. The van der Waals surface area contributed by atoms with Crippen LogP contribution in [0, 0.1) is 0 Å². The quantitative estimate of drug-likeness (QED) is 0.835. The molecule has 0 radical (unpaired) electrons. The van der Waals surface area contributed by atoms with Gasteiger partial charge in [-0.15, -0.1) is 11.8 Å². The molecule has 0 unspecified atom stereocenters. The number of fused-ring (bicyclic) bond motifs is 1. The molecule has 0 spiro atoms. The van der Waals surface area contributed by atoms with E-state index in [1.54, 1.807) is 12.1 Å². The highest BCUT2D eigenvalue weighted by Gasteiger charge is 2.17. The van der Waals surface area contributed by atoms with E-state index in [2.05, 4.69) is 39.8 Å². The van der Waals surface area contributed by atoms with Gasteiger partial charge in [-0.1, -0.05) is 24.3 Å². The number of carbonyl (C=O) groups is 2. The molecule has 2 aromatic carbocycles. The minimum atomic E-state index is -0.135. The Morgan fingerprint density at radius 3 is 2.59 bits per heavy atom. The number of carbonyl (C=O) groups excluding carboxylic acids is 2. The van der Waals surface area contributed by atoms with Gasteiger partial charge < -0.3 is 10.6 Å². The van der Waals surface area contributed by atoms with E-state index in [1.165, 1.54) is 43.3 Å². The van der Waals surface area contributed by atoms with Gasteiger partial charge in [0.05, 0.1) is 11.4 Å². The van der Waals surface area contributed by atoms with Crippen LogP contribution >= 0.6 is 11.8 Å². The normalized spacial score (nSPS) is 16.7. The molecule has 0 bridgehead atoms. The summed E-state index contributed by atoms with van der Waals surface area (Å²) in [5.41, 5.74) is 3.67. The average molecular weight is 382 g/mol. The Labute approximate surface area is 163 Å². The van der Waals surface area contributed by atoms with E-state index in [0.29, 0.717) is 17.9 Å². The van der Waals surface area contributed by atoms with Gasteiger partial charge in [-0.05, 0) is 55.3 Å². The number of anilines is 1. The topological polar surface area (TPSA) is 61.4 Å². The van der Waals surface area contributed by atoms with Crippen LogP contribution < -0.4 is 10.6 Å². The van der Waals surface area contributed by atoms with Gasteiger partial charge in [0.25, 0.3) is 5.91 Å². The summed E-state index contributed by atoms with van der Waals surface area (Å²) in [5.74, 6) is 0.259. The molecule has 0 aliphatic carbocycles. The maximum atomic E-state index is 12.4. The molecule has 1 saturated heterocycles. The van der Waals surface area contributed by atoms with Crippen molar-refractivity contribution in [2.45, 2.75) is 30.8 Å². The maximum Gasteiger partial charge on any atom is 0.251 e. The van der Waals surface area contributed by atoms with Crippen molar-refractivity contribution in [3.63, 3.8) is 0 Å². The van der Waals surface area contributed by atoms with Crippen molar-refractivity contribution >= 4 is 29.3 Å². The van der Waals surface area contributed by atoms with Gasteiger partial charge >= 0.3 is 0 Å². The zero-order valence-electron chi connectivity index (χ0n) is 15.2. The monoisotopic (exact) mass is 381 g/mol. The summed E-state index contributed by atoms with van der Waals surface area (Å²) in [6.07, 6.45) is 2.60. The lowest BCUT2D eigenvalue weighted by Gasteiger charge is -2.17. The van der Waals surface area contributed by atoms with E-state index >= 15 is 0 Å². The van der Waals surface area contributed by atoms with Gasteiger partial charge in [-0.2, -0.15) is 0 Å². The standard InChI is InChI=1S/C21H23N3O2S/c25-20-14-27-19-8-7-17(11-18(19)23-20)21(26)22-12-15-3-5-16(6-4-15)13-24-9-1-2-10-24/h3-8,11H,1-2,9-10,12-14H2,(H,22,26)(H,23,25). The Kier molecular flexibility index (Phi) is 5.45. The lowest BCUT2D eigenvalue weighted by Crippen LogP contribution is -2.24. The number of amides is 2. The van der Waals surface area contributed by atoms with E-state index in [-0.39, 0.29) is 11.8 Å². The predicted molar refractivity (Wildman–Crippen MR) is 108 cm³/mol. The molecule has 2 aromatic rings. The Hall–Kier alpha value is -2.31. The molecule has 1 fully saturated rings. The first-order chi connectivity index (χ1) is 13.2. The SMILES string of the molecule is O=C1CSc2ccc(C(=O)NCc3ccc(CN4CCCC4)cc3)cc2N1. The molecule has 2 amide bonds. The van der Waals surface area contributed by atoms with Crippen LogP contribution in [-0.2, 0) is 17.9 Å². The number of likely N-dealkylation sites (tertiary alicyclic amines) is 1. The number of hydrogen-bond acceptors (Lipinski definition) is 4. The highest BCUT2D eigenvalue weighted by Crippen LogP contribution is 2.31. The third-order valence-electron chi connectivity index (χ3n) is 4.96. The Morgan fingerprint density at radius 2 is 1.81 bits per heavy atom. The summed E-state index contributed by atoms with van der Waals surface area (Å²) in [6.45, 7) is 3.88. The summed E-state index contributed by atoms with van der Waals surface area (Å²) >= 11 is 1.49. The molecule has 2 aliphatic heterocycles. The Bertz CT molecular complexity index is 845. The van der Waals surface area contributed by atoms with E-state index in [0.717, 1.165) is 22.7 Å². The number of rotatable bonds is 5. The Balaban J connectivity index is 1.33. The smallest absolute Gasteiger partial charge is 0.251 e. The van der Waals surface area contributed by atoms with E-state index in [1.807, 2.05) is 6.07 Å². The lowest BCUT2D eigenvalue weighted by molar-refractivity contribution is -0.113. The number of thioether (sulfide) groups is 1. The summed E-state index contributed by atoms with van der Waals surface area (Å²) in [7, 11) is 0. The van der Waals surface area contributed by atoms with Crippen LogP contribution in [0.25, 0.3) is 0 Å². The molecule has 0 atom stereocenters. The first-order valence-electron chi connectivity index (χ1n) is 9.32. The second kappa shape index (κ2) is 8.15. The number of hydrogen-bond donors (Lipinski definition) is 2. The summed E-state index contributed by atoms with van der Waals surface area (Å²) in [4.78, 5) is 27.4. The molecule has 2 heterocycles. The fourth-order valence-corrected chi connectivity index (χ4v) is 4.26.